The molecule has 0 unspecified atom stereocenters. The zero-order valence-corrected chi connectivity index (χ0v) is 12.0. The maximum atomic E-state index is 12.2. The van der Waals surface area contributed by atoms with Gasteiger partial charge in [-0.3, -0.25) is 14.5 Å². The first-order chi connectivity index (χ1) is 10.1. The second-order valence-electron chi connectivity index (χ2n) is 5.01. The number of hydrogen-bond donors (Lipinski definition) is 1. The lowest BCUT2D eigenvalue weighted by Gasteiger charge is -2.09. The van der Waals surface area contributed by atoms with Crippen LogP contribution in [-0.4, -0.2) is 20.7 Å². The Balaban J connectivity index is 1.82. The average Bonchev–Trinajstić information content (AvgIpc) is 2.77. The van der Waals surface area contributed by atoms with Crippen molar-refractivity contribution >= 4 is 22.5 Å². The normalized spacial score (nSPS) is 10.8. The summed E-state index contributed by atoms with van der Waals surface area (Å²) in [5, 5.41) is 8.16. The van der Waals surface area contributed by atoms with Gasteiger partial charge in [-0.25, -0.2) is 0 Å². The fourth-order valence-corrected chi connectivity index (χ4v) is 2.37. The summed E-state index contributed by atoms with van der Waals surface area (Å²) in [5.74, 6) is -0.0995. The summed E-state index contributed by atoms with van der Waals surface area (Å²) in [6.07, 6.45) is 1.74. The van der Waals surface area contributed by atoms with Crippen molar-refractivity contribution in [1.82, 2.24) is 14.8 Å². The molecule has 106 valence electrons. The van der Waals surface area contributed by atoms with Crippen LogP contribution in [-0.2, 0) is 11.3 Å². The minimum atomic E-state index is -0.0995. The van der Waals surface area contributed by atoms with Crippen molar-refractivity contribution in [3.05, 3.63) is 54.0 Å². The molecule has 0 aliphatic rings. The van der Waals surface area contributed by atoms with E-state index in [0.29, 0.717) is 0 Å². The lowest BCUT2D eigenvalue weighted by molar-refractivity contribution is -0.116. The van der Waals surface area contributed by atoms with E-state index >= 15 is 0 Å². The SMILES string of the molecule is Cc1cc(C)n(CC(=O)Nc2cccc3ncccc23)n1. The van der Waals surface area contributed by atoms with Crippen LogP contribution in [0.3, 0.4) is 0 Å². The number of nitrogens with zero attached hydrogens (tertiary/aromatic N) is 3. The fraction of sp³-hybridized carbons (Fsp3) is 0.188. The van der Waals surface area contributed by atoms with Gasteiger partial charge in [0.25, 0.3) is 0 Å². The Bertz CT molecular complexity index is 802. The van der Waals surface area contributed by atoms with E-state index in [1.54, 1.807) is 10.9 Å². The second-order valence-corrected chi connectivity index (χ2v) is 5.01. The van der Waals surface area contributed by atoms with Crippen LogP contribution < -0.4 is 5.32 Å². The molecular weight excluding hydrogens is 264 g/mol. The molecule has 0 radical (unpaired) electrons. The molecule has 5 heteroatoms. The van der Waals surface area contributed by atoms with Crippen LogP contribution in [0.15, 0.2) is 42.6 Å². The lowest BCUT2D eigenvalue weighted by atomic mass is 10.2. The Labute approximate surface area is 122 Å². The molecule has 3 aromatic rings. The van der Waals surface area contributed by atoms with Crippen molar-refractivity contribution in [2.45, 2.75) is 20.4 Å². The summed E-state index contributed by atoms with van der Waals surface area (Å²) in [6, 6.07) is 11.4. The van der Waals surface area contributed by atoms with E-state index in [9.17, 15) is 4.79 Å². The van der Waals surface area contributed by atoms with Crippen molar-refractivity contribution in [2.75, 3.05) is 5.32 Å². The predicted molar refractivity (Wildman–Crippen MR) is 82.1 cm³/mol. The summed E-state index contributed by atoms with van der Waals surface area (Å²) < 4.78 is 1.70. The van der Waals surface area contributed by atoms with Crippen LogP contribution >= 0.6 is 0 Å². The van der Waals surface area contributed by atoms with E-state index in [0.717, 1.165) is 28.0 Å². The van der Waals surface area contributed by atoms with E-state index < -0.39 is 0 Å². The van der Waals surface area contributed by atoms with Gasteiger partial charge < -0.3 is 5.32 Å². The van der Waals surface area contributed by atoms with E-state index in [1.165, 1.54) is 0 Å². The molecule has 0 aliphatic heterocycles. The lowest BCUT2D eigenvalue weighted by Crippen LogP contribution is -2.20. The smallest absolute Gasteiger partial charge is 0.246 e. The van der Waals surface area contributed by atoms with Crippen LogP contribution in [0.1, 0.15) is 11.4 Å². The number of hydrogen-bond acceptors (Lipinski definition) is 3. The number of benzene rings is 1. The first-order valence-electron chi connectivity index (χ1n) is 6.78. The molecule has 1 amide bonds. The van der Waals surface area contributed by atoms with Gasteiger partial charge in [0.15, 0.2) is 0 Å². The van der Waals surface area contributed by atoms with Crippen LogP contribution in [0.2, 0.25) is 0 Å². The topological polar surface area (TPSA) is 59.8 Å². The van der Waals surface area contributed by atoms with Gasteiger partial charge in [-0.15, -0.1) is 0 Å². The highest BCUT2D eigenvalue weighted by Gasteiger charge is 2.09. The highest BCUT2D eigenvalue weighted by atomic mass is 16.2. The number of anilines is 1. The van der Waals surface area contributed by atoms with Crippen molar-refractivity contribution in [3.63, 3.8) is 0 Å². The van der Waals surface area contributed by atoms with Crippen molar-refractivity contribution in [3.8, 4) is 0 Å². The molecule has 2 aromatic heterocycles. The molecule has 1 N–H and O–H groups in total. The number of carbonyl (C=O) groups is 1. The Hall–Kier alpha value is -2.69. The highest BCUT2D eigenvalue weighted by Crippen LogP contribution is 2.21. The number of carbonyl (C=O) groups excluding carboxylic acids is 1. The maximum absolute atomic E-state index is 12.2. The van der Waals surface area contributed by atoms with E-state index in [2.05, 4.69) is 15.4 Å². The largest absolute Gasteiger partial charge is 0.324 e. The van der Waals surface area contributed by atoms with Gasteiger partial charge >= 0.3 is 0 Å². The molecule has 0 saturated heterocycles. The van der Waals surface area contributed by atoms with Gasteiger partial charge in [0.05, 0.1) is 16.9 Å². The number of aromatic nitrogens is 3. The highest BCUT2D eigenvalue weighted by molar-refractivity contribution is 6.00. The molecule has 0 saturated carbocycles. The van der Waals surface area contributed by atoms with Gasteiger partial charge in [0.2, 0.25) is 5.91 Å². The van der Waals surface area contributed by atoms with Crippen molar-refractivity contribution in [2.24, 2.45) is 0 Å². The number of amides is 1. The number of nitrogens with one attached hydrogen (secondary N) is 1. The zero-order chi connectivity index (χ0) is 14.8. The molecule has 0 fully saturated rings. The molecule has 21 heavy (non-hydrogen) atoms. The second kappa shape index (κ2) is 5.36. The maximum Gasteiger partial charge on any atom is 0.246 e. The number of fused-ring (bicyclic) bond motifs is 1. The van der Waals surface area contributed by atoms with Crippen molar-refractivity contribution in [1.29, 1.82) is 0 Å². The van der Waals surface area contributed by atoms with E-state index in [1.807, 2.05) is 50.2 Å². The number of rotatable bonds is 3. The van der Waals surface area contributed by atoms with Crippen LogP contribution in [0.4, 0.5) is 5.69 Å². The molecule has 0 aliphatic carbocycles. The third kappa shape index (κ3) is 2.76. The minimum absolute atomic E-state index is 0.0995. The van der Waals surface area contributed by atoms with Gasteiger partial charge in [-0.05, 0) is 44.2 Å². The predicted octanol–water partition coefficient (Wildman–Crippen LogP) is 2.69. The first-order valence-corrected chi connectivity index (χ1v) is 6.78. The van der Waals surface area contributed by atoms with Gasteiger partial charge in [-0.1, -0.05) is 6.07 Å². The Morgan fingerprint density at radius 2 is 2.10 bits per heavy atom. The first kappa shape index (κ1) is 13.3. The Kier molecular flexibility index (Phi) is 3.39. The standard InChI is InChI=1S/C16H16N4O/c1-11-9-12(2)20(19-11)10-16(21)18-15-7-3-6-14-13(15)5-4-8-17-14/h3-9H,10H2,1-2H3,(H,18,21). The molecule has 5 nitrogen and oxygen atoms in total. The summed E-state index contributed by atoms with van der Waals surface area (Å²) >= 11 is 0. The van der Waals surface area contributed by atoms with Crippen LogP contribution in [0.5, 0.6) is 0 Å². The van der Waals surface area contributed by atoms with Crippen LogP contribution in [0, 0.1) is 13.8 Å². The van der Waals surface area contributed by atoms with Crippen LogP contribution in [0.25, 0.3) is 10.9 Å². The fourth-order valence-electron chi connectivity index (χ4n) is 2.37. The summed E-state index contributed by atoms with van der Waals surface area (Å²) in [5.41, 5.74) is 3.52. The Morgan fingerprint density at radius 3 is 2.86 bits per heavy atom. The molecule has 0 bridgehead atoms. The summed E-state index contributed by atoms with van der Waals surface area (Å²) in [7, 11) is 0. The molecule has 1 aromatic carbocycles. The molecule has 2 heterocycles. The zero-order valence-electron chi connectivity index (χ0n) is 12.0. The number of pyridine rings is 1. The monoisotopic (exact) mass is 280 g/mol. The van der Waals surface area contributed by atoms with Gasteiger partial charge in [0, 0.05) is 17.3 Å². The average molecular weight is 280 g/mol. The molecular formula is C16H16N4O. The van der Waals surface area contributed by atoms with E-state index in [-0.39, 0.29) is 12.5 Å². The van der Waals surface area contributed by atoms with Gasteiger partial charge in [0.1, 0.15) is 6.54 Å². The Morgan fingerprint density at radius 1 is 1.24 bits per heavy atom. The van der Waals surface area contributed by atoms with Crippen molar-refractivity contribution < 1.29 is 4.79 Å². The molecule has 3 rings (SSSR count). The minimum Gasteiger partial charge on any atom is -0.324 e. The molecule has 0 atom stereocenters. The number of aryl methyl sites for hydroxylation is 2. The summed E-state index contributed by atoms with van der Waals surface area (Å²) in [4.78, 5) is 16.5. The third-order valence-corrected chi connectivity index (χ3v) is 3.32. The van der Waals surface area contributed by atoms with E-state index in [4.69, 9.17) is 0 Å². The quantitative estimate of drug-likeness (QED) is 0.802. The van der Waals surface area contributed by atoms with Gasteiger partial charge in [-0.2, -0.15) is 5.10 Å². The third-order valence-electron chi connectivity index (χ3n) is 3.32. The molecule has 0 spiro atoms. The summed E-state index contributed by atoms with van der Waals surface area (Å²) in [6.45, 7) is 4.06.